The van der Waals surface area contributed by atoms with Crippen molar-refractivity contribution in [1.29, 1.82) is 0 Å². The third kappa shape index (κ3) is 3.57. The standard InChI is InChI=1S/C19H28N2O3/c1-13-3-4-15-10-14(2)17(16(15)9-13)21-18(23)20-11-19(5-7-22)6-8-24-12-19/h3-4,9,14,17,22H,5-8,10-12H2,1-2H3,(H2,20,21,23). The van der Waals surface area contributed by atoms with Gasteiger partial charge in [-0.3, -0.25) is 0 Å². The molecule has 1 aromatic rings. The number of fused-ring (bicyclic) bond motifs is 1. The van der Waals surface area contributed by atoms with Crippen molar-refractivity contribution in [3.63, 3.8) is 0 Å². The molecule has 1 fully saturated rings. The Morgan fingerprint density at radius 1 is 1.46 bits per heavy atom. The largest absolute Gasteiger partial charge is 0.396 e. The predicted octanol–water partition coefficient (Wildman–Crippen LogP) is 2.32. The number of amides is 2. The van der Waals surface area contributed by atoms with E-state index in [0.29, 0.717) is 32.1 Å². The lowest BCUT2D eigenvalue weighted by Gasteiger charge is -2.27. The van der Waals surface area contributed by atoms with Crippen molar-refractivity contribution in [3.8, 4) is 0 Å². The molecule has 1 heterocycles. The summed E-state index contributed by atoms with van der Waals surface area (Å²) in [6, 6.07) is 6.42. The van der Waals surface area contributed by atoms with Gasteiger partial charge in [-0.15, -0.1) is 0 Å². The van der Waals surface area contributed by atoms with E-state index in [1.807, 2.05) is 0 Å². The van der Waals surface area contributed by atoms with Gasteiger partial charge in [-0.05, 0) is 43.2 Å². The SMILES string of the molecule is Cc1ccc2c(c1)C(NC(=O)NCC1(CCO)CCOC1)C(C)C2. The molecule has 1 aliphatic heterocycles. The number of carbonyl (C=O) groups is 1. The van der Waals surface area contributed by atoms with Gasteiger partial charge in [0.05, 0.1) is 12.6 Å². The number of hydrogen-bond acceptors (Lipinski definition) is 3. The zero-order valence-electron chi connectivity index (χ0n) is 14.6. The normalized spacial score (nSPS) is 28.6. The van der Waals surface area contributed by atoms with Crippen molar-refractivity contribution in [2.45, 2.75) is 39.2 Å². The second-order valence-corrected chi connectivity index (χ2v) is 7.46. The number of aliphatic hydroxyl groups is 1. The van der Waals surface area contributed by atoms with Gasteiger partial charge < -0.3 is 20.5 Å². The Balaban J connectivity index is 1.60. The molecule has 132 valence electrons. The highest BCUT2D eigenvalue weighted by molar-refractivity contribution is 5.74. The summed E-state index contributed by atoms with van der Waals surface area (Å²) in [7, 11) is 0. The molecule has 24 heavy (non-hydrogen) atoms. The van der Waals surface area contributed by atoms with Crippen molar-refractivity contribution >= 4 is 6.03 Å². The molecule has 0 aromatic heterocycles. The van der Waals surface area contributed by atoms with Crippen LogP contribution in [0.25, 0.3) is 0 Å². The number of urea groups is 1. The molecule has 0 bridgehead atoms. The van der Waals surface area contributed by atoms with Crippen molar-refractivity contribution < 1.29 is 14.6 Å². The van der Waals surface area contributed by atoms with Crippen LogP contribution in [0, 0.1) is 18.3 Å². The Kier molecular flexibility index (Phi) is 5.11. The molecule has 0 spiro atoms. The quantitative estimate of drug-likeness (QED) is 0.775. The van der Waals surface area contributed by atoms with Crippen LogP contribution < -0.4 is 10.6 Å². The van der Waals surface area contributed by atoms with Crippen molar-refractivity contribution in [3.05, 3.63) is 34.9 Å². The van der Waals surface area contributed by atoms with E-state index in [2.05, 4.69) is 42.7 Å². The third-order valence-electron chi connectivity index (χ3n) is 5.49. The summed E-state index contributed by atoms with van der Waals surface area (Å²) in [5, 5.41) is 15.4. The fourth-order valence-electron chi connectivity index (χ4n) is 3.95. The van der Waals surface area contributed by atoms with Crippen LogP contribution >= 0.6 is 0 Å². The second kappa shape index (κ2) is 7.11. The summed E-state index contributed by atoms with van der Waals surface area (Å²) in [4.78, 5) is 12.4. The molecule has 2 amide bonds. The van der Waals surface area contributed by atoms with Crippen LogP contribution in [-0.4, -0.2) is 37.5 Å². The smallest absolute Gasteiger partial charge is 0.315 e. The Morgan fingerprint density at radius 3 is 3.00 bits per heavy atom. The van der Waals surface area contributed by atoms with Crippen LogP contribution in [0.2, 0.25) is 0 Å². The van der Waals surface area contributed by atoms with E-state index in [4.69, 9.17) is 4.74 Å². The number of ether oxygens (including phenoxy) is 1. The molecule has 5 nitrogen and oxygen atoms in total. The Morgan fingerprint density at radius 2 is 2.29 bits per heavy atom. The summed E-state index contributed by atoms with van der Waals surface area (Å²) >= 11 is 0. The minimum Gasteiger partial charge on any atom is -0.396 e. The molecule has 1 aromatic carbocycles. The van der Waals surface area contributed by atoms with Gasteiger partial charge in [0.25, 0.3) is 0 Å². The molecule has 3 atom stereocenters. The lowest BCUT2D eigenvalue weighted by Crippen LogP contribution is -2.45. The molecule has 3 rings (SSSR count). The first-order valence-electron chi connectivity index (χ1n) is 8.85. The summed E-state index contributed by atoms with van der Waals surface area (Å²) < 4.78 is 5.47. The van der Waals surface area contributed by atoms with Crippen molar-refractivity contribution in [2.24, 2.45) is 11.3 Å². The van der Waals surface area contributed by atoms with Crippen LogP contribution in [0.15, 0.2) is 18.2 Å². The molecular weight excluding hydrogens is 304 g/mol. The van der Waals surface area contributed by atoms with Crippen LogP contribution in [0.1, 0.15) is 42.5 Å². The lowest BCUT2D eigenvalue weighted by atomic mass is 9.84. The average Bonchev–Trinajstić information content (AvgIpc) is 3.12. The van der Waals surface area contributed by atoms with Crippen LogP contribution in [0.3, 0.4) is 0 Å². The topological polar surface area (TPSA) is 70.6 Å². The van der Waals surface area contributed by atoms with Gasteiger partial charge in [0.2, 0.25) is 0 Å². The van der Waals surface area contributed by atoms with Crippen LogP contribution in [0.4, 0.5) is 4.79 Å². The van der Waals surface area contributed by atoms with E-state index in [9.17, 15) is 9.90 Å². The number of rotatable bonds is 5. The van der Waals surface area contributed by atoms with Gasteiger partial charge in [-0.1, -0.05) is 30.7 Å². The highest BCUT2D eigenvalue weighted by Gasteiger charge is 2.35. The predicted molar refractivity (Wildman–Crippen MR) is 92.9 cm³/mol. The van der Waals surface area contributed by atoms with Crippen LogP contribution in [0.5, 0.6) is 0 Å². The maximum absolute atomic E-state index is 12.4. The molecule has 5 heteroatoms. The van der Waals surface area contributed by atoms with Crippen molar-refractivity contribution in [2.75, 3.05) is 26.4 Å². The maximum atomic E-state index is 12.4. The maximum Gasteiger partial charge on any atom is 0.315 e. The monoisotopic (exact) mass is 332 g/mol. The van der Waals surface area contributed by atoms with E-state index in [-0.39, 0.29) is 24.1 Å². The molecule has 3 N–H and O–H groups in total. The molecule has 0 saturated carbocycles. The number of benzene rings is 1. The van der Waals surface area contributed by atoms with E-state index in [1.165, 1.54) is 16.7 Å². The molecular formula is C19H28N2O3. The van der Waals surface area contributed by atoms with Gasteiger partial charge >= 0.3 is 6.03 Å². The fraction of sp³-hybridized carbons (Fsp3) is 0.632. The van der Waals surface area contributed by atoms with Gasteiger partial charge in [0.15, 0.2) is 0 Å². The fourth-order valence-corrected chi connectivity index (χ4v) is 3.95. The average molecular weight is 332 g/mol. The molecule has 3 unspecified atom stereocenters. The Bertz CT molecular complexity index is 596. The van der Waals surface area contributed by atoms with E-state index in [0.717, 1.165) is 12.8 Å². The highest BCUT2D eigenvalue weighted by atomic mass is 16.5. The number of nitrogens with one attached hydrogen (secondary N) is 2. The summed E-state index contributed by atoms with van der Waals surface area (Å²) in [5.74, 6) is 0.397. The minimum atomic E-state index is -0.134. The summed E-state index contributed by atoms with van der Waals surface area (Å²) in [6.45, 7) is 6.24. The van der Waals surface area contributed by atoms with Gasteiger partial charge in [-0.25, -0.2) is 4.79 Å². The van der Waals surface area contributed by atoms with E-state index >= 15 is 0 Å². The first kappa shape index (κ1) is 17.2. The van der Waals surface area contributed by atoms with E-state index in [1.54, 1.807) is 0 Å². The van der Waals surface area contributed by atoms with E-state index < -0.39 is 0 Å². The Hall–Kier alpha value is -1.59. The van der Waals surface area contributed by atoms with Gasteiger partial charge in [0.1, 0.15) is 0 Å². The zero-order valence-corrected chi connectivity index (χ0v) is 14.6. The third-order valence-corrected chi connectivity index (χ3v) is 5.49. The molecule has 1 aliphatic carbocycles. The lowest BCUT2D eigenvalue weighted by molar-refractivity contribution is 0.125. The number of aryl methyl sites for hydroxylation is 1. The van der Waals surface area contributed by atoms with Crippen molar-refractivity contribution in [1.82, 2.24) is 10.6 Å². The number of aliphatic hydroxyl groups excluding tert-OH is 1. The van der Waals surface area contributed by atoms with Crippen LogP contribution in [-0.2, 0) is 11.2 Å². The van der Waals surface area contributed by atoms with Gasteiger partial charge in [0, 0.05) is 25.2 Å². The summed E-state index contributed by atoms with van der Waals surface area (Å²) in [5.41, 5.74) is 3.67. The first-order valence-corrected chi connectivity index (χ1v) is 8.85. The number of hydrogen-bond donors (Lipinski definition) is 3. The summed E-state index contributed by atoms with van der Waals surface area (Å²) in [6.07, 6.45) is 2.55. The minimum absolute atomic E-state index is 0.0634. The zero-order chi connectivity index (χ0) is 17.2. The first-order chi connectivity index (χ1) is 11.5. The second-order valence-electron chi connectivity index (χ2n) is 7.46. The van der Waals surface area contributed by atoms with Gasteiger partial charge in [-0.2, -0.15) is 0 Å². The molecule has 0 radical (unpaired) electrons. The Labute approximate surface area is 143 Å². The molecule has 1 saturated heterocycles. The molecule has 2 aliphatic rings. The number of carbonyl (C=O) groups excluding carboxylic acids is 1. The highest BCUT2D eigenvalue weighted by Crippen LogP contribution is 2.36.